The second-order valence-corrected chi connectivity index (χ2v) is 5.40. The maximum atomic E-state index is 9.97. The lowest BCUT2D eigenvalue weighted by Crippen LogP contribution is -2.06. The second kappa shape index (κ2) is 6.47. The van der Waals surface area contributed by atoms with Crippen LogP contribution in [0.15, 0.2) is 22.8 Å². The van der Waals surface area contributed by atoms with E-state index in [1.807, 2.05) is 12.1 Å². The molecule has 1 fully saturated rings. The number of ether oxygens (including phenoxy) is 1. The van der Waals surface area contributed by atoms with E-state index in [2.05, 4.69) is 20.9 Å². The molecule has 1 aromatic rings. The van der Waals surface area contributed by atoms with Crippen LogP contribution < -0.4 is 0 Å². The number of nitrogens with zero attached hydrogens (tertiary/aromatic N) is 1. The topological polar surface area (TPSA) is 42.4 Å². The summed E-state index contributed by atoms with van der Waals surface area (Å²) in [4.78, 5) is 4.20. The Morgan fingerprint density at radius 3 is 3.06 bits per heavy atom. The summed E-state index contributed by atoms with van der Waals surface area (Å²) in [6, 6.07) is 3.77. The Balaban J connectivity index is 1.72. The normalized spacial score (nSPS) is 21.6. The summed E-state index contributed by atoms with van der Waals surface area (Å²) in [5, 5.41) is 9.97. The van der Waals surface area contributed by atoms with Crippen LogP contribution in [-0.2, 0) is 4.74 Å². The van der Waals surface area contributed by atoms with Gasteiger partial charge in [0.05, 0.1) is 17.9 Å². The lowest BCUT2D eigenvalue weighted by Gasteiger charge is -2.12. The van der Waals surface area contributed by atoms with Gasteiger partial charge < -0.3 is 9.84 Å². The summed E-state index contributed by atoms with van der Waals surface area (Å²) in [7, 11) is 0. The van der Waals surface area contributed by atoms with Crippen molar-refractivity contribution in [2.24, 2.45) is 0 Å². The standard InChI is InChI=1S/C13H18BrNO2/c14-10-6-7-12(15-9-10)13(16)5-1-3-11-4-2-8-17-11/h6-7,9,11,13,16H,1-5,8H2. The van der Waals surface area contributed by atoms with E-state index < -0.39 is 6.10 Å². The number of aromatic nitrogens is 1. The van der Waals surface area contributed by atoms with Crippen molar-refractivity contribution >= 4 is 15.9 Å². The van der Waals surface area contributed by atoms with Crippen molar-refractivity contribution < 1.29 is 9.84 Å². The molecule has 2 heterocycles. The van der Waals surface area contributed by atoms with Gasteiger partial charge in [0, 0.05) is 17.3 Å². The quantitative estimate of drug-likeness (QED) is 0.908. The van der Waals surface area contributed by atoms with E-state index in [-0.39, 0.29) is 0 Å². The van der Waals surface area contributed by atoms with E-state index in [1.165, 1.54) is 12.8 Å². The zero-order chi connectivity index (χ0) is 12.1. The molecule has 3 nitrogen and oxygen atoms in total. The first-order valence-corrected chi connectivity index (χ1v) is 6.96. The predicted octanol–water partition coefficient (Wildman–Crippen LogP) is 3.23. The van der Waals surface area contributed by atoms with E-state index in [0.29, 0.717) is 6.10 Å². The molecule has 17 heavy (non-hydrogen) atoms. The van der Waals surface area contributed by atoms with Gasteiger partial charge >= 0.3 is 0 Å². The highest BCUT2D eigenvalue weighted by atomic mass is 79.9. The molecule has 4 heteroatoms. The Bertz CT molecular complexity index is 336. The summed E-state index contributed by atoms with van der Waals surface area (Å²) < 4.78 is 6.49. The lowest BCUT2D eigenvalue weighted by atomic mass is 10.0. The minimum atomic E-state index is -0.454. The molecular formula is C13H18BrNO2. The minimum Gasteiger partial charge on any atom is -0.387 e. The Kier molecular flexibility index (Phi) is 4.95. The van der Waals surface area contributed by atoms with Gasteiger partial charge in [-0.15, -0.1) is 0 Å². The zero-order valence-corrected chi connectivity index (χ0v) is 11.4. The molecule has 0 aromatic carbocycles. The average molecular weight is 300 g/mol. The molecule has 1 aliphatic rings. The molecule has 1 aliphatic heterocycles. The fraction of sp³-hybridized carbons (Fsp3) is 0.615. The van der Waals surface area contributed by atoms with Crippen molar-refractivity contribution in [1.29, 1.82) is 0 Å². The Morgan fingerprint density at radius 2 is 2.41 bits per heavy atom. The number of halogens is 1. The summed E-state index contributed by atoms with van der Waals surface area (Å²) in [6.45, 7) is 0.904. The van der Waals surface area contributed by atoms with Gasteiger partial charge in [-0.25, -0.2) is 0 Å². The van der Waals surface area contributed by atoms with E-state index in [9.17, 15) is 5.11 Å². The molecule has 0 bridgehead atoms. The molecule has 0 saturated carbocycles. The second-order valence-electron chi connectivity index (χ2n) is 4.48. The van der Waals surface area contributed by atoms with Gasteiger partial charge in [0.15, 0.2) is 0 Å². The fourth-order valence-electron chi connectivity index (χ4n) is 2.14. The Hall–Kier alpha value is -0.450. The van der Waals surface area contributed by atoms with E-state index in [1.54, 1.807) is 6.20 Å². The van der Waals surface area contributed by atoms with Crippen LogP contribution >= 0.6 is 15.9 Å². The van der Waals surface area contributed by atoms with Crippen molar-refractivity contribution in [3.8, 4) is 0 Å². The molecule has 1 saturated heterocycles. The lowest BCUT2D eigenvalue weighted by molar-refractivity contribution is 0.0939. The van der Waals surface area contributed by atoms with Crippen molar-refractivity contribution in [3.05, 3.63) is 28.5 Å². The summed E-state index contributed by atoms with van der Waals surface area (Å²) >= 11 is 3.33. The maximum Gasteiger partial charge on any atom is 0.0959 e. The first-order chi connectivity index (χ1) is 8.25. The van der Waals surface area contributed by atoms with Crippen LogP contribution in [-0.4, -0.2) is 22.8 Å². The highest BCUT2D eigenvalue weighted by Gasteiger charge is 2.16. The third kappa shape index (κ3) is 4.05. The average Bonchev–Trinajstić information content (AvgIpc) is 2.83. The number of pyridine rings is 1. The zero-order valence-electron chi connectivity index (χ0n) is 9.81. The van der Waals surface area contributed by atoms with Crippen molar-refractivity contribution in [2.75, 3.05) is 6.61 Å². The van der Waals surface area contributed by atoms with Gasteiger partial charge in [-0.05, 0) is 60.2 Å². The van der Waals surface area contributed by atoms with Crippen LogP contribution in [0.1, 0.15) is 43.9 Å². The molecule has 0 spiro atoms. The van der Waals surface area contributed by atoms with Crippen LogP contribution in [0.4, 0.5) is 0 Å². The van der Waals surface area contributed by atoms with E-state index in [0.717, 1.165) is 36.0 Å². The molecule has 0 aliphatic carbocycles. The molecule has 0 amide bonds. The van der Waals surface area contributed by atoms with E-state index in [4.69, 9.17) is 4.74 Å². The van der Waals surface area contributed by atoms with E-state index >= 15 is 0 Å². The molecule has 94 valence electrons. The summed E-state index contributed by atoms with van der Waals surface area (Å²) in [5.41, 5.74) is 0.751. The Labute approximate surface area is 110 Å². The van der Waals surface area contributed by atoms with Gasteiger partial charge in [0.2, 0.25) is 0 Å². The number of rotatable bonds is 5. The smallest absolute Gasteiger partial charge is 0.0959 e. The van der Waals surface area contributed by atoms with Crippen LogP contribution in [0.5, 0.6) is 0 Å². The van der Waals surface area contributed by atoms with Gasteiger partial charge in [-0.1, -0.05) is 0 Å². The summed E-state index contributed by atoms with van der Waals surface area (Å²) in [6.07, 6.45) is 6.84. The molecule has 2 atom stereocenters. The third-order valence-corrected chi connectivity index (χ3v) is 3.59. The van der Waals surface area contributed by atoms with Gasteiger partial charge in [0.25, 0.3) is 0 Å². The van der Waals surface area contributed by atoms with Gasteiger partial charge in [0.1, 0.15) is 0 Å². The van der Waals surface area contributed by atoms with Crippen LogP contribution in [0.2, 0.25) is 0 Å². The number of hydrogen-bond acceptors (Lipinski definition) is 3. The molecule has 2 unspecified atom stereocenters. The number of hydrogen-bond donors (Lipinski definition) is 1. The van der Waals surface area contributed by atoms with Crippen molar-refractivity contribution in [1.82, 2.24) is 4.98 Å². The highest BCUT2D eigenvalue weighted by molar-refractivity contribution is 9.10. The van der Waals surface area contributed by atoms with Crippen molar-refractivity contribution in [3.63, 3.8) is 0 Å². The van der Waals surface area contributed by atoms with Crippen LogP contribution in [0, 0.1) is 0 Å². The summed E-state index contributed by atoms with van der Waals surface area (Å²) in [5.74, 6) is 0. The minimum absolute atomic E-state index is 0.417. The number of aliphatic hydroxyl groups is 1. The number of aliphatic hydroxyl groups excluding tert-OH is 1. The highest BCUT2D eigenvalue weighted by Crippen LogP contribution is 2.22. The molecular weight excluding hydrogens is 282 g/mol. The fourth-order valence-corrected chi connectivity index (χ4v) is 2.38. The molecule has 0 radical (unpaired) electrons. The third-order valence-electron chi connectivity index (χ3n) is 3.12. The van der Waals surface area contributed by atoms with Crippen LogP contribution in [0.25, 0.3) is 0 Å². The first kappa shape index (κ1) is 13.0. The van der Waals surface area contributed by atoms with Crippen molar-refractivity contribution in [2.45, 2.75) is 44.3 Å². The largest absolute Gasteiger partial charge is 0.387 e. The molecule has 2 rings (SSSR count). The molecule has 1 N–H and O–H groups in total. The Morgan fingerprint density at radius 1 is 1.53 bits per heavy atom. The van der Waals surface area contributed by atoms with Crippen LogP contribution in [0.3, 0.4) is 0 Å². The van der Waals surface area contributed by atoms with Gasteiger partial charge in [-0.3, -0.25) is 4.98 Å². The maximum absolute atomic E-state index is 9.97. The monoisotopic (exact) mass is 299 g/mol. The predicted molar refractivity (Wildman–Crippen MR) is 69.7 cm³/mol. The SMILES string of the molecule is OC(CCCC1CCCO1)c1ccc(Br)cn1. The molecule has 1 aromatic heterocycles. The first-order valence-electron chi connectivity index (χ1n) is 6.17. The van der Waals surface area contributed by atoms with Gasteiger partial charge in [-0.2, -0.15) is 0 Å².